The second-order valence-electron chi connectivity index (χ2n) is 9.91. The number of carbonyl (C=O) groups is 1. The number of anilines is 1. The predicted octanol–water partition coefficient (Wildman–Crippen LogP) is 3.70. The van der Waals surface area contributed by atoms with E-state index in [-0.39, 0.29) is 12.3 Å². The molecule has 5 rings (SSSR count). The van der Waals surface area contributed by atoms with E-state index in [1.54, 1.807) is 0 Å². The fourth-order valence-corrected chi connectivity index (χ4v) is 6.44. The van der Waals surface area contributed by atoms with E-state index < -0.39 is 0 Å². The summed E-state index contributed by atoms with van der Waals surface area (Å²) in [6.45, 7) is 8.68. The second kappa shape index (κ2) is 9.51. The smallest absolute Gasteiger partial charge is 0.227 e. The number of rotatable bonds is 7. The molecule has 1 aliphatic carbocycles. The average Bonchev–Trinajstić information content (AvgIpc) is 3.37. The summed E-state index contributed by atoms with van der Waals surface area (Å²) in [6.07, 6.45) is 8.57. The summed E-state index contributed by atoms with van der Waals surface area (Å²) in [5.41, 5.74) is 2.14. The van der Waals surface area contributed by atoms with E-state index in [4.69, 9.17) is 9.51 Å². The van der Waals surface area contributed by atoms with Gasteiger partial charge in [-0.15, -0.1) is 11.3 Å². The van der Waals surface area contributed by atoms with Crippen LogP contribution in [0.2, 0.25) is 0 Å². The van der Waals surface area contributed by atoms with Crippen LogP contribution in [0.25, 0.3) is 0 Å². The van der Waals surface area contributed by atoms with E-state index in [9.17, 15) is 4.79 Å². The van der Waals surface area contributed by atoms with E-state index in [0.717, 1.165) is 44.0 Å². The zero-order valence-corrected chi connectivity index (χ0v) is 20.1. The normalized spacial score (nSPS) is 25.9. The Kier molecular flexibility index (Phi) is 6.51. The van der Waals surface area contributed by atoms with Crippen LogP contribution in [0.15, 0.2) is 10.6 Å². The Bertz CT molecular complexity index is 933. The van der Waals surface area contributed by atoms with Crippen molar-refractivity contribution in [2.45, 2.75) is 83.8 Å². The van der Waals surface area contributed by atoms with E-state index in [0.29, 0.717) is 17.8 Å². The first kappa shape index (κ1) is 21.9. The third kappa shape index (κ3) is 5.01. The highest BCUT2D eigenvalue weighted by molar-refractivity contribution is 7.15. The number of hydrogen-bond acceptors (Lipinski definition) is 7. The van der Waals surface area contributed by atoms with Gasteiger partial charge in [-0.2, -0.15) is 0 Å². The molecule has 0 bridgehead atoms. The molecular formula is C24H35N5O2S. The lowest BCUT2D eigenvalue weighted by atomic mass is 9.84. The van der Waals surface area contributed by atoms with Crippen LogP contribution in [0.5, 0.6) is 0 Å². The van der Waals surface area contributed by atoms with Gasteiger partial charge in [0.05, 0.1) is 17.8 Å². The van der Waals surface area contributed by atoms with Crippen LogP contribution in [-0.2, 0) is 24.2 Å². The minimum atomic E-state index is 0.0453. The monoisotopic (exact) mass is 457 g/mol. The molecule has 0 aromatic carbocycles. The molecule has 32 heavy (non-hydrogen) atoms. The number of fused-ring (bicyclic) bond motifs is 1. The van der Waals surface area contributed by atoms with Crippen molar-refractivity contribution in [1.29, 1.82) is 0 Å². The number of aryl methyl sites for hydroxylation is 1. The van der Waals surface area contributed by atoms with Gasteiger partial charge in [0.2, 0.25) is 5.91 Å². The Balaban J connectivity index is 1.02. The Morgan fingerprint density at radius 2 is 2.09 bits per heavy atom. The molecular weight excluding hydrogens is 422 g/mol. The molecule has 8 heteroatoms. The van der Waals surface area contributed by atoms with Crippen molar-refractivity contribution in [1.82, 2.24) is 20.4 Å². The van der Waals surface area contributed by atoms with Crippen LogP contribution >= 0.6 is 11.3 Å². The van der Waals surface area contributed by atoms with Crippen molar-refractivity contribution in [2.75, 3.05) is 24.5 Å². The van der Waals surface area contributed by atoms with Crippen molar-refractivity contribution in [2.24, 2.45) is 5.92 Å². The van der Waals surface area contributed by atoms with E-state index in [1.165, 1.54) is 54.5 Å². The van der Waals surface area contributed by atoms with E-state index in [1.807, 2.05) is 24.3 Å². The Hall–Kier alpha value is -1.93. The Morgan fingerprint density at radius 3 is 2.78 bits per heavy atom. The number of nitrogens with zero attached hydrogens (tertiary/aromatic N) is 4. The lowest BCUT2D eigenvalue weighted by molar-refractivity contribution is -0.121. The summed E-state index contributed by atoms with van der Waals surface area (Å²) in [4.78, 5) is 23.8. The lowest BCUT2D eigenvalue weighted by Gasteiger charge is -2.38. The molecule has 2 aliphatic heterocycles. The van der Waals surface area contributed by atoms with Crippen LogP contribution in [0.3, 0.4) is 0 Å². The minimum Gasteiger partial charge on any atom is -0.361 e. The third-order valence-corrected chi connectivity index (χ3v) is 8.63. The zero-order valence-electron chi connectivity index (χ0n) is 19.3. The van der Waals surface area contributed by atoms with E-state index >= 15 is 0 Å². The molecule has 1 saturated carbocycles. The van der Waals surface area contributed by atoms with Gasteiger partial charge < -0.3 is 14.7 Å². The topological polar surface area (TPSA) is 74.5 Å². The molecule has 0 radical (unpaired) electrons. The predicted molar refractivity (Wildman–Crippen MR) is 126 cm³/mol. The summed E-state index contributed by atoms with van der Waals surface area (Å²) in [7, 11) is 0. The summed E-state index contributed by atoms with van der Waals surface area (Å²) in [6, 6.07) is 2.79. The summed E-state index contributed by atoms with van der Waals surface area (Å²) in [5, 5.41) is 8.29. The molecule has 1 atom stereocenters. The fraction of sp³-hybridized carbons (Fsp3) is 0.708. The third-order valence-electron chi connectivity index (χ3n) is 7.44. The molecule has 7 nitrogen and oxygen atoms in total. The van der Waals surface area contributed by atoms with Gasteiger partial charge in [0.15, 0.2) is 5.13 Å². The fourth-order valence-electron chi connectivity index (χ4n) is 5.25. The van der Waals surface area contributed by atoms with Gasteiger partial charge in [-0.3, -0.25) is 9.69 Å². The van der Waals surface area contributed by atoms with Crippen LogP contribution < -0.4 is 10.2 Å². The highest BCUT2D eigenvalue weighted by atomic mass is 32.1. The van der Waals surface area contributed by atoms with Crippen LogP contribution in [0.1, 0.15) is 67.5 Å². The van der Waals surface area contributed by atoms with Crippen LogP contribution in [-0.4, -0.2) is 52.7 Å². The molecule has 3 aliphatic rings. The highest BCUT2D eigenvalue weighted by Crippen LogP contribution is 2.35. The van der Waals surface area contributed by atoms with Crippen LogP contribution in [0, 0.1) is 12.8 Å². The number of aromatic nitrogens is 2. The van der Waals surface area contributed by atoms with Crippen molar-refractivity contribution in [3.8, 4) is 0 Å². The van der Waals surface area contributed by atoms with Gasteiger partial charge >= 0.3 is 0 Å². The van der Waals surface area contributed by atoms with Gasteiger partial charge in [0.1, 0.15) is 5.76 Å². The number of hydrogen-bond donors (Lipinski definition) is 1. The molecule has 1 unspecified atom stereocenters. The number of carbonyl (C=O) groups excluding carboxylic acids is 1. The maximum Gasteiger partial charge on any atom is 0.227 e. The zero-order chi connectivity index (χ0) is 22.1. The number of nitrogens with one attached hydrogen (secondary N) is 1. The standard InChI is InChI=1S/C24H35N5O2S/c1-16-13-20(31-27-16)14-23(30)25-19-5-3-18(4-6-19)8-10-28-11-9-22-21(15-28)26-24(32-22)29-12-7-17(29)2/h13,17-19H,3-12,14-15H2,1-2H3,(H,25,30)/t17?,18-,19-. The summed E-state index contributed by atoms with van der Waals surface area (Å²) in [5.74, 6) is 1.46. The molecule has 0 spiro atoms. The van der Waals surface area contributed by atoms with Gasteiger partial charge in [-0.1, -0.05) is 5.16 Å². The Morgan fingerprint density at radius 1 is 1.25 bits per heavy atom. The van der Waals surface area contributed by atoms with Crippen molar-refractivity contribution in [3.63, 3.8) is 0 Å². The first-order valence-electron chi connectivity index (χ1n) is 12.2. The van der Waals surface area contributed by atoms with Crippen molar-refractivity contribution >= 4 is 22.4 Å². The molecule has 1 N–H and O–H groups in total. The molecule has 2 aromatic heterocycles. The maximum atomic E-state index is 12.3. The highest BCUT2D eigenvalue weighted by Gasteiger charge is 2.29. The number of thiazole rings is 1. The van der Waals surface area contributed by atoms with Gasteiger partial charge in [0, 0.05) is 42.7 Å². The molecule has 4 heterocycles. The van der Waals surface area contributed by atoms with Crippen LogP contribution in [0.4, 0.5) is 5.13 Å². The largest absolute Gasteiger partial charge is 0.361 e. The minimum absolute atomic E-state index is 0.0453. The first-order valence-corrected chi connectivity index (χ1v) is 13.0. The van der Waals surface area contributed by atoms with Crippen molar-refractivity contribution in [3.05, 3.63) is 28.1 Å². The quantitative estimate of drug-likeness (QED) is 0.683. The van der Waals surface area contributed by atoms with Gasteiger partial charge in [-0.05, 0) is 71.3 Å². The lowest BCUT2D eigenvalue weighted by Crippen LogP contribution is -2.45. The van der Waals surface area contributed by atoms with Gasteiger partial charge in [-0.25, -0.2) is 4.98 Å². The molecule has 174 valence electrons. The summed E-state index contributed by atoms with van der Waals surface area (Å²) >= 11 is 1.92. The Labute approximate surface area is 194 Å². The molecule has 2 aromatic rings. The summed E-state index contributed by atoms with van der Waals surface area (Å²) < 4.78 is 5.16. The van der Waals surface area contributed by atoms with Crippen molar-refractivity contribution < 1.29 is 9.32 Å². The maximum absolute atomic E-state index is 12.3. The molecule has 1 saturated heterocycles. The first-order chi connectivity index (χ1) is 15.5. The SMILES string of the molecule is Cc1cc(CC(=O)N[C@H]2CC[C@H](CCN3CCc4sc(N5CCC5C)nc4C3)CC2)on1. The van der Waals surface area contributed by atoms with E-state index in [2.05, 4.69) is 27.2 Å². The average molecular weight is 458 g/mol. The van der Waals surface area contributed by atoms with Gasteiger partial charge in [0.25, 0.3) is 0 Å². The molecule has 2 fully saturated rings. The number of amides is 1. The second-order valence-corrected chi connectivity index (χ2v) is 11.0. The molecule has 1 amide bonds.